The van der Waals surface area contributed by atoms with Crippen LogP contribution in [0, 0.1) is 6.92 Å². The Morgan fingerprint density at radius 2 is 1.82 bits per heavy atom. The van der Waals surface area contributed by atoms with Crippen LogP contribution in [0.25, 0.3) is 17.0 Å². The first-order chi connectivity index (χ1) is 16.5. The minimum Gasteiger partial charge on any atom is -0.488 e. The number of carbonyl (C=O) groups excluding carboxylic acids is 2. The number of ether oxygens (including phenoxy) is 3. The molecule has 0 fully saturated rings. The molecule has 3 aromatic carbocycles. The predicted octanol–water partition coefficient (Wildman–Crippen LogP) is 5.47. The fraction of sp³-hybridized carbons (Fsp3) is 0.143. The van der Waals surface area contributed by atoms with Crippen LogP contribution in [0.15, 0.2) is 72.6 Å². The Morgan fingerprint density at radius 3 is 2.59 bits per heavy atom. The van der Waals surface area contributed by atoms with Gasteiger partial charge in [-0.1, -0.05) is 30.3 Å². The molecular formula is C28H23NO5. The van der Waals surface area contributed by atoms with E-state index in [1.807, 2.05) is 61.1 Å². The van der Waals surface area contributed by atoms with Gasteiger partial charge in [-0.15, -0.1) is 0 Å². The van der Waals surface area contributed by atoms with Gasteiger partial charge in [-0.2, -0.15) is 0 Å². The zero-order valence-electron chi connectivity index (χ0n) is 19.1. The fourth-order valence-corrected chi connectivity index (χ4v) is 4.17. The zero-order chi connectivity index (χ0) is 23.8. The molecule has 0 radical (unpaired) electrons. The molecule has 0 amide bonds. The van der Waals surface area contributed by atoms with E-state index in [-0.39, 0.29) is 11.8 Å². The van der Waals surface area contributed by atoms with Crippen molar-refractivity contribution in [3.8, 4) is 11.5 Å². The SMILES string of the molecule is COC(=O)c1ccc(COc2ccc3c(c2C)O/C(=C/c2cn(C)c4ccccc24)C3=O)cc1. The standard InChI is InChI=1S/C28H23NO5/c1-17-24(33-16-18-8-10-19(11-9-18)28(31)32-3)13-12-22-26(30)25(34-27(17)22)14-20-15-29(2)23-7-5-4-6-21(20)23/h4-15H,16H2,1-3H3/b25-14+. The maximum absolute atomic E-state index is 13.0. The number of nitrogens with zero attached hydrogens (tertiary/aromatic N) is 1. The van der Waals surface area contributed by atoms with Gasteiger partial charge in [0.1, 0.15) is 18.1 Å². The Morgan fingerprint density at radius 1 is 1.06 bits per heavy atom. The normalized spacial score (nSPS) is 13.7. The van der Waals surface area contributed by atoms with Crippen molar-refractivity contribution in [3.05, 3.63) is 100 Å². The molecule has 0 unspecified atom stereocenters. The fourth-order valence-electron chi connectivity index (χ4n) is 4.17. The summed E-state index contributed by atoms with van der Waals surface area (Å²) >= 11 is 0. The molecule has 1 aromatic heterocycles. The van der Waals surface area contributed by atoms with Crippen molar-refractivity contribution in [3.63, 3.8) is 0 Å². The number of hydrogen-bond donors (Lipinski definition) is 0. The first-order valence-electron chi connectivity index (χ1n) is 10.9. The van der Waals surface area contributed by atoms with Crippen LogP contribution in [0.2, 0.25) is 0 Å². The van der Waals surface area contributed by atoms with Crippen molar-refractivity contribution >= 4 is 28.7 Å². The zero-order valence-corrected chi connectivity index (χ0v) is 19.1. The first-order valence-corrected chi connectivity index (χ1v) is 10.9. The molecule has 0 aliphatic carbocycles. The van der Waals surface area contributed by atoms with Crippen LogP contribution in [0.4, 0.5) is 0 Å². The van der Waals surface area contributed by atoms with Crippen LogP contribution < -0.4 is 9.47 Å². The van der Waals surface area contributed by atoms with Gasteiger partial charge < -0.3 is 18.8 Å². The van der Waals surface area contributed by atoms with Gasteiger partial charge in [-0.25, -0.2) is 4.79 Å². The first kappa shape index (κ1) is 21.5. The summed E-state index contributed by atoms with van der Waals surface area (Å²) in [5, 5.41) is 1.06. The number of para-hydroxylation sites is 1. The molecule has 5 rings (SSSR count). The molecule has 0 saturated heterocycles. The molecule has 0 bridgehead atoms. The molecule has 0 saturated carbocycles. The molecular weight excluding hydrogens is 430 g/mol. The largest absolute Gasteiger partial charge is 0.488 e. The highest BCUT2D eigenvalue weighted by atomic mass is 16.5. The highest BCUT2D eigenvalue weighted by Gasteiger charge is 2.30. The molecule has 0 N–H and O–H groups in total. The smallest absolute Gasteiger partial charge is 0.337 e. The van der Waals surface area contributed by atoms with Gasteiger partial charge in [0.2, 0.25) is 5.78 Å². The Hall–Kier alpha value is -4.32. The highest BCUT2D eigenvalue weighted by Crippen LogP contribution is 2.40. The van der Waals surface area contributed by atoms with Crippen LogP contribution >= 0.6 is 0 Å². The lowest BCUT2D eigenvalue weighted by molar-refractivity contribution is 0.0600. The maximum Gasteiger partial charge on any atom is 0.337 e. The van der Waals surface area contributed by atoms with Crippen LogP contribution in [-0.2, 0) is 18.4 Å². The lowest BCUT2D eigenvalue weighted by Crippen LogP contribution is -2.02. The van der Waals surface area contributed by atoms with Gasteiger partial charge in [0.25, 0.3) is 0 Å². The van der Waals surface area contributed by atoms with Crippen molar-refractivity contribution in [2.24, 2.45) is 7.05 Å². The predicted molar refractivity (Wildman–Crippen MR) is 129 cm³/mol. The quantitative estimate of drug-likeness (QED) is 0.296. The molecule has 170 valence electrons. The minimum atomic E-state index is -0.379. The summed E-state index contributed by atoms with van der Waals surface area (Å²) in [5.41, 5.74) is 4.69. The molecule has 6 heteroatoms. The monoisotopic (exact) mass is 453 g/mol. The number of ketones is 1. The molecule has 1 aliphatic rings. The number of hydrogen-bond acceptors (Lipinski definition) is 5. The molecule has 0 spiro atoms. The second-order valence-electron chi connectivity index (χ2n) is 8.19. The van der Waals surface area contributed by atoms with E-state index in [4.69, 9.17) is 14.2 Å². The van der Waals surface area contributed by atoms with Crippen molar-refractivity contribution in [1.29, 1.82) is 0 Å². The van der Waals surface area contributed by atoms with Crippen LogP contribution in [0.3, 0.4) is 0 Å². The Kier molecular flexibility index (Phi) is 5.42. The van der Waals surface area contributed by atoms with E-state index in [1.54, 1.807) is 30.3 Å². The molecule has 1 aliphatic heterocycles. The van der Waals surface area contributed by atoms with Crippen molar-refractivity contribution in [2.45, 2.75) is 13.5 Å². The lowest BCUT2D eigenvalue weighted by atomic mass is 10.1. The summed E-state index contributed by atoms with van der Waals surface area (Å²) in [4.78, 5) is 24.6. The molecule has 6 nitrogen and oxygen atoms in total. The number of rotatable bonds is 5. The molecule has 2 heterocycles. The Bertz CT molecular complexity index is 1460. The average molecular weight is 453 g/mol. The molecule has 34 heavy (non-hydrogen) atoms. The summed E-state index contributed by atoms with van der Waals surface area (Å²) in [6.07, 6.45) is 3.79. The third-order valence-corrected chi connectivity index (χ3v) is 6.02. The summed E-state index contributed by atoms with van der Waals surface area (Å²) in [6.45, 7) is 2.19. The molecule has 0 atom stereocenters. The summed E-state index contributed by atoms with van der Waals surface area (Å²) in [7, 11) is 3.33. The van der Waals surface area contributed by atoms with E-state index in [2.05, 4.69) is 0 Å². The number of aromatic nitrogens is 1. The van der Waals surface area contributed by atoms with E-state index in [1.165, 1.54) is 7.11 Å². The number of esters is 1. The van der Waals surface area contributed by atoms with Crippen molar-refractivity contribution in [1.82, 2.24) is 4.57 Å². The number of fused-ring (bicyclic) bond motifs is 2. The van der Waals surface area contributed by atoms with Crippen LogP contribution in [0.5, 0.6) is 11.5 Å². The summed E-state index contributed by atoms with van der Waals surface area (Å²) in [6, 6.07) is 18.6. The average Bonchev–Trinajstić information content (AvgIpc) is 3.35. The van der Waals surface area contributed by atoms with Gasteiger partial charge in [-0.05, 0) is 48.9 Å². The van der Waals surface area contributed by atoms with E-state index in [9.17, 15) is 9.59 Å². The van der Waals surface area contributed by atoms with E-state index in [0.717, 1.165) is 27.6 Å². The van der Waals surface area contributed by atoms with Crippen LogP contribution in [0.1, 0.15) is 37.4 Å². The summed E-state index contributed by atoms with van der Waals surface area (Å²) < 4.78 is 18.8. The number of allylic oxidation sites excluding steroid dienone is 1. The highest BCUT2D eigenvalue weighted by molar-refractivity contribution is 6.15. The van der Waals surface area contributed by atoms with E-state index in [0.29, 0.717) is 35.0 Å². The second-order valence-corrected chi connectivity index (χ2v) is 8.19. The number of aryl methyl sites for hydroxylation is 1. The number of benzene rings is 3. The lowest BCUT2D eigenvalue weighted by Gasteiger charge is -2.11. The van der Waals surface area contributed by atoms with Gasteiger partial charge in [-0.3, -0.25) is 4.79 Å². The molecule has 4 aromatic rings. The van der Waals surface area contributed by atoms with E-state index < -0.39 is 0 Å². The van der Waals surface area contributed by atoms with Crippen molar-refractivity contribution in [2.75, 3.05) is 7.11 Å². The number of methoxy groups -OCH3 is 1. The van der Waals surface area contributed by atoms with Crippen molar-refractivity contribution < 1.29 is 23.8 Å². The third kappa shape index (κ3) is 3.73. The van der Waals surface area contributed by atoms with E-state index >= 15 is 0 Å². The van der Waals surface area contributed by atoms with Crippen LogP contribution in [-0.4, -0.2) is 23.4 Å². The third-order valence-electron chi connectivity index (χ3n) is 6.02. The Labute approximate surface area is 197 Å². The Balaban J connectivity index is 1.37. The minimum absolute atomic E-state index is 0.143. The second kappa shape index (κ2) is 8.56. The van der Waals surface area contributed by atoms with Gasteiger partial charge >= 0.3 is 5.97 Å². The maximum atomic E-state index is 13.0. The number of Topliss-reactive ketones (excluding diaryl/α,β-unsaturated/α-hetero) is 1. The van der Waals surface area contributed by atoms with Gasteiger partial charge in [0, 0.05) is 35.3 Å². The summed E-state index contributed by atoms with van der Waals surface area (Å²) in [5.74, 6) is 0.933. The number of carbonyl (C=O) groups is 2. The topological polar surface area (TPSA) is 66.8 Å². The van der Waals surface area contributed by atoms with Gasteiger partial charge in [0.05, 0.1) is 18.2 Å². The van der Waals surface area contributed by atoms with Gasteiger partial charge in [0.15, 0.2) is 5.76 Å².